The number of anilines is 3. The Morgan fingerprint density at radius 3 is 2.50 bits per heavy atom. The third-order valence-corrected chi connectivity index (χ3v) is 6.35. The molecule has 0 radical (unpaired) electrons. The van der Waals surface area contributed by atoms with E-state index in [1.807, 2.05) is 0 Å². The van der Waals surface area contributed by atoms with Crippen molar-refractivity contribution in [2.75, 3.05) is 21.5 Å². The average Bonchev–Trinajstić information content (AvgIpc) is 3.18. The maximum Gasteiger partial charge on any atom is 0.261 e. The number of carbonyl (C=O) groups excluding carboxylic acids is 2. The smallest absolute Gasteiger partial charge is 0.261 e. The number of hydrogen-bond acceptors (Lipinski definition) is 5. The molecular weight excluding hydrogens is 435 g/mol. The second-order valence-electron chi connectivity index (χ2n) is 7.21. The van der Waals surface area contributed by atoms with Gasteiger partial charge in [-0.05, 0) is 54.4 Å². The van der Waals surface area contributed by atoms with Crippen molar-refractivity contribution < 1.29 is 22.4 Å². The minimum absolute atomic E-state index is 0.112. The number of benzene rings is 2. The van der Waals surface area contributed by atoms with Gasteiger partial charge in [0.15, 0.2) is 0 Å². The van der Waals surface area contributed by atoms with Crippen molar-refractivity contribution in [3.8, 4) is 0 Å². The van der Waals surface area contributed by atoms with E-state index in [1.165, 1.54) is 31.5 Å². The molecule has 164 valence electrons. The largest absolute Gasteiger partial charge is 0.324 e. The highest BCUT2D eigenvalue weighted by molar-refractivity contribution is 7.92. The van der Waals surface area contributed by atoms with Crippen LogP contribution in [0.25, 0.3) is 0 Å². The normalized spacial score (nSPS) is 12.9. The molecule has 10 heteroatoms. The Morgan fingerprint density at radius 1 is 1.06 bits per heavy atom. The monoisotopic (exact) mass is 454 g/mol. The molecule has 0 saturated heterocycles. The second kappa shape index (κ2) is 8.39. The quantitative estimate of drug-likeness (QED) is 0.616. The van der Waals surface area contributed by atoms with Gasteiger partial charge >= 0.3 is 0 Å². The molecule has 2 N–H and O–H groups in total. The van der Waals surface area contributed by atoms with Crippen LogP contribution in [0.15, 0.2) is 65.8 Å². The van der Waals surface area contributed by atoms with Crippen molar-refractivity contribution in [2.45, 2.75) is 18.2 Å². The lowest BCUT2D eigenvalue weighted by molar-refractivity contribution is -0.114. The minimum atomic E-state index is -4.10. The summed E-state index contributed by atoms with van der Waals surface area (Å²) in [4.78, 5) is 29.2. The van der Waals surface area contributed by atoms with Crippen LogP contribution in [0.5, 0.6) is 0 Å². The highest BCUT2D eigenvalue weighted by atomic mass is 32.2. The van der Waals surface area contributed by atoms with Gasteiger partial charge in [-0.3, -0.25) is 19.3 Å². The van der Waals surface area contributed by atoms with Crippen molar-refractivity contribution in [3.63, 3.8) is 0 Å². The molecule has 32 heavy (non-hydrogen) atoms. The van der Waals surface area contributed by atoms with Gasteiger partial charge in [0.1, 0.15) is 5.82 Å². The first kappa shape index (κ1) is 21.4. The molecule has 1 aromatic heterocycles. The van der Waals surface area contributed by atoms with Crippen LogP contribution in [0.4, 0.5) is 21.5 Å². The maximum absolute atomic E-state index is 14.2. The van der Waals surface area contributed by atoms with Crippen LogP contribution >= 0.6 is 0 Å². The van der Waals surface area contributed by atoms with Crippen molar-refractivity contribution in [1.82, 2.24) is 4.98 Å². The van der Waals surface area contributed by atoms with E-state index in [9.17, 15) is 22.4 Å². The summed E-state index contributed by atoms with van der Waals surface area (Å²) in [5, 5.41) is 2.29. The van der Waals surface area contributed by atoms with Gasteiger partial charge in [-0.25, -0.2) is 12.8 Å². The predicted octanol–water partition coefficient (Wildman–Crippen LogP) is 3.18. The molecule has 0 fully saturated rings. The molecule has 0 saturated carbocycles. The summed E-state index contributed by atoms with van der Waals surface area (Å²) in [6.45, 7) is 1.70. The molecular formula is C22H19FN4O4S. The number of carbonyl (C=O) groups is 2. The molecule has 0 atom stereocenters. The van der Waals surface area contributed by atoms with Crippen LogP contribution in [0.2, 0.25) is 0 Å². The number of nitrogens with one attached hydrogen (secondary N) is 2. The molecule has 2 heterocycles. The fourth-order valence-corrected chi connectivity index (χ4v) is 4.53. The van der Waals surface area contributed by atoms with Gasteiger partial charge in [-0.1, -0.05) is 6.07 Å². The standard InChI is InChI=1S/C22H19FN4O4S/c1-14(28)25-20-5-4-18(13-19(20)23)32(30,31)26-17-3-2-15-8-11-27(21(15)12-17)22(29)16-6-9-24-10-7-16/h2-7,9-10,12-13,26H,8,11H2,1H3,(H,25,28). The summed E-state index contributed by atoms with van der Waals surface area (Å²) >= 11 is 0. The van der Waals surface area contributed by atoms with E-state index in [0.717, 1.165) is 11.6 Å². The zero-order chi connectivity index (χ0) is 22.9. The molecule has 0 spiro atoms. The van der Waals surface area contributed by atoms with E-state index in [4.69, 9.17) is 0 Å². The van der Waals surface area contributed by atoms with E-state index in [-0.39, 0.29) is 22.2 Å². The van der Waals surface area contributed by atoms with Crippen molar-refractivity contribution in [2.24, 2.45) is 0 Å². The molecule has 0 bridgehead atoms. The molecule has 8 nitrogen and oxygen atoms in total. The number of nitrogens with zero attached hydrogens (tertiary/aromatic N) is 2. The Morgan fingerprint density at radius 2 is 1.81 bits per heavy atom. The lowest BCUT2D eigenvalue weighted by atomic mass is 10.1. The summed E-state index contributed by atoms with van der Waals surface area (Å²) < 4.78 is 42.2. The predicted molar refractivity (Wildman–Crippen MR) is 118 cm³/mol. The number of halogens is 1. The fourth-order valence-electron chi connectivity index (χ4n) is 3.47. The summed E-state index contributed by atoms with van der Waals surface area (Å²) in [7, 11) is -4.10. The second-order valence-corrected chi connectivity index (χ2v) is 8.90. The highest BCUT2D eigenvalue weighted by Crippen LogP contribution is 2.33. The zero-order valence-electron chi connectivity index (χ0n) is 17.0. The van der Waals surface area contributed by atoms with Crippen molar-refractivity contribution >= 4 is 38.9 Å². The van der Waals surface area contributed by atoms with E-state index >= 15 is 0 Å². The first-order valence-electron chi connectivity index (χ1n) is 9.69. The average molecular weight is 454 g/mol. The molecule has 0 aliphatic carbocycles. The van der Waals surface area contributed by atoms with Gasteiger partial charge in [0.05, 0.1) is 16.3 Å². The Bertz CT molecular complexity index is 1310. The Hall–Kier alpha value is -3.79. The SMILES string of the molecule is CC(=O)Nc1ccc(S(=O)(=O)Nc2ccc3c(c2)N(C(=O)c2ccncc2)CC3)cc1F. The number of aromatic nitrogens is 1. The Labute approximate surface area is 184 Å². The van der Waals surface area contributed by atoms with Crippen LogP contribution in [0.3, 0.4) is 0 Å². The van der Waals surface area contributed by atoms with Gasteiger partial charge in [0.25, 0.3) is 15.9 Å². The lowest BCUT2D eigenvalue weighted by Crippen LogP contribution is -2.28. The molecule has 0 unspecified atom stereocenters. The molecule has 3 aromatic rings. The van der Waals surface area contributed by atoms with Crippen molar-refractivity contribution in [1.29, 1.82) is 0 Å². The fraction of sp³-hybridized carbons (Fsp3) is 0.136. The molecule has 2 amide bonds. The van der Waals surface area contributed by atoms with Gasteiger partial charge in [0.2, 0.25) is 5.91 Å². The van der Waals surface area contributed by atoms with E-state index in [1.54, 1.807) is 35.2 Å². The molecule has 4 rings (SSSR count). The summed E-state index contributed by atoms with van der Waals surface area (Å²) in [6.07, 6.45) is 3.71. The summed E-state index contributed by atoms with van der Waals surface area (Å²) in [5.74, 6) is -1.55. The van der Waals surface area contributed by atoms with Crippen LogP contribution in [0, 0.1) is 5.82 Å². The van der Waals surface area contributed by atoms with E-state index in [2.05, 4.69) is 15.0 Å². The minimum Gasteiger partial charge on any atom is -0.324 e. The van der Waals surface area contributed by atoms with Gasteiger partial charge in [0, 0.05) is 37.1 Å². The topological polar surface area (TPSA) is 108 Å². The maximum atomic E-state index is 14.2. The number of rotatable bonds is 5. The van der Waals surface area contributed by atoms with Crippen LogP contribution < -0.4 is 14.9 Å². The van der Waals surface area contributed by atoms with Crippen LogP contribution in [-0.2, 0) is 21.2 Å². The third-order valence-electron chi connectivity index (χ3n) is 4.97. The van der Waals surface area contributed by atoms with E-state index < -0.39 is 21.7 Å². The molecule has 1 aliphatic rings. The van der Waals surface area contributed by atoms with Gasteiger partial charge in [-0.2, -0.15) is 0 Å². The lowest BCUT2D eigenvalue weighted by Gasteiger charge is -2.18. The van der Waals surface area contributed by atoms with Crippen LogP contribution in [0.1, 0.15) is 22.8 Å². The van der Waals surface area contributed by atoms with Crippen molar-refractivity contribution in [3.05, 3.63) is 77.9 Å². The van der Waals surface area contributed by atoms with Gasteiger partial charge < -0.3 is 10.2 Å². The number of pyridine rings is 1. The third kappa shape index (κ3) is 4.30. The summed E-state index contributed by atoms with van der Waals surface area (Å²) in [5.41, 5.74) is 2.14. The number of amides is 2. The number of hydrogen-bond donors (Lipinski definition) is 2. The Balaban J connectivity index is 1.59. The first-order chi connectivity index (χ1) is 15.2. The highest BCUT2D eigenvalue weighted by Gasteiger charge is 2.26. The first-order valence-corrected chi connectivity index (χ1v) is 11.2. The number of fused-ring (bicyclic) bond motifs is 1. The number of sulfonamides is 1. The van der Waals surface area contributed by atoms with Gasteiger partial charge in [-0.15, -0.1) is 0 Å². The van der Waals surface area contributed by atoms with Crippen LogP contribution in [-0.4, -0.2) is 31.8 Å². The molecule has 2 aromatic carbocycles. The molecule has 1 aliphatic heterocycles. The summed E-state index contributed by atoms with van der Waals surface area (Å²) in [6, 6.07) is 11.4. The van der Waals surface area contributed by atoms with E-state index in [0.29, 0.717) is 24.2 Å². The zero-order valence-corrected chi connectivity index (χ0v) is 17.8. The Kier molecular flexibility index (Phi) is 5.62.